The van der Waals surface area contributed by atoms with Crippen LogP contribution in [-0.4, -0.2) is 22.4 Å². The summed E-state index contributed by atoms with van der Waals surface area (Å²) in [6.07, 6.45) is 1.29. The van der Waals surface area contributed by atoms with Crippen molar-refractivity contribution >= 4 is 11.5 Å². The van der Waals surface area contributed by atoms with Gasteiger partial charge >= 0.3 is 0 Å². The molecule has 0 fully saturated rings. The van der Waals surface area contributed by atoms with Crippen LogP contribution in [0.2, 0.25) is 0 Å². The van der Waals surface area contributed by atoms with E-state index in [4.69, 9.17) is 4.74 Å². The maximum atomic E-state index is 11.8. The third kappa shape index (κ3) is 3.44. The Bertz CT molecular complexity index is 787. The number of ether oxygens (including phenoxy) is 1. The Morgan fingerprint density at radius 3 is 2.83 bits per heavy atom. The molecule has 0 spiro atoms. The van der Waals surface area contributed by atoms with Crippen LogP contribution in [-0.2, 0) is 6.42 Å². The number of nitrogens with zero attached hydrogens (tertiary/aromatic N) is 1. The van der Waals surface area contributed by atoms with Gasteiger partial charge in [-0.3, -0.25) is 14.9 Å². The van der Waals surface area contributed by atoms with E-state index in [0.29, 0.717) is 17.7 Å². The molecular formula is C18H17NO5. The number of fused-ring (bicyclic) bond motifs is 1. The predicted molar refractivity (Wildman–Crippen MR) is 87.3 cm³/mol. The van der Waals surface area contributed by atoms with Crippen LogP contribution >= 0.6 is 0 Å². The molecule has 3 rings (SSSR count). The molecular weight excluding hydrogens is 310 g/mol. The zero-order valence-corrected chi connectivity index (χ0v) is 13.0. The second kappa shape index (κ2) is 6.80. The molecule has 0 radical (unpaired) electrons. The second-order valence-corrected chi connectivity index (χ2v) is 5.77. The van der Waals surface area contributed by atoms with Crippen LogP contribution in [0.4, 0.5) is 5.69 Å². The number of rotatable bonds is 5. The molecule has 0 saturated heterocycles. The molecule has 24 heavy (non-hydrogen) atoms. The number of nitro benzene ring substituents is 1. The number of Topliss-reactive ketones (excluding diaryl/α,β-unsaturated/α-hetero) is 1. The smallest absolute Gasteiger partial charge is 0.269 e. The van der Waals surface area contributed by atoms with Gasteiger partial charge in [-0.15, -0.1) is 0 Å². The summed E-state index contributed by atoms with van der Waals surface area (Å²) in [7, 11) is 0. The van der Waals surface area contributed by atoms with Crippen molar-refractivity contribution in [2.45, 2.75) is 25.4 Å². The lowest BCUT2D eigenvalue weighted by Crippen LogP contribution is -2.12. The van der Waals surface area contributed by atoms with Gasteiger partial charge in [0.2, 0.25) is 0 Å². The van der Waals surface area contributed by atoms with E-state index in [9.17, 15) is 20.0 Å². The highest BCUT2D eigenvalue weighted by Gasteiger charge is 2.18. The van der Waals surface area contributed by atoms with Gasteiger partial charge in [-0.05, 0) is 42.2 Å². The number of aliphatic hydroxyl groups is 1. The number of nitro groups is 1. The molecule has 1 unspecified atom stereocenters. The van der Waals surface area contributed by atoms with Gasteiger partial charge in [-0.2, -0.15) is 0 Å². The van der Waals surface area contributed by atoms with Crippen LogP contribution in [0.3, 0.4) is 0 Å². The molecule has 0 amide bonds. The Balaban J connectivity index is 1.68. The summed E-state index contributed by atoms with van der Waals surface area (Å²) in [5, 5.41) is 21.0. The summed E-state index contributed by atoms with van der Waals surface area (Å²) in [6.45, 7) is -0.0199. The lowest BCUT2D eigenvalue weighted by Gasteiger charge is -2.17. The summed E-state index contributed by atoms with van der Waals surface area (Å²) in [5.74, 6) is 0.729. The highest BCUT2D eigenvalue weighted by molar-refractivity contribution is 5.98. The number of benzene rings is 2. The first-order valence-corrected chi connectivity index (χ1v) is 7.76. The summed E-state index contributed by atoms with van der Waals surface area (Å²) in [6, 6.07) is 11.1. The monoisotopic (exact) mass is 327 g/mol. The maximum absolute atomic E-state index is 11.8. The molecule has 1 atom stereocenters. The highest BCUT2D eigenvalue weighted by atomic mass is 16.6. The number of aliphatic hydroxyl groups excluding tert-OH is 1. The quantitative estimate of drug-likeness (QED) is 0.672. The van der Waals surface area contributed by atoms with Crippen molar-refractivity contribution < 1.29 is 19.6 Å². The average Bonchev–Trinajstić information content (AvgIpc) is 2.60. The molecule has 1 aliphatic carbocycles. The Kier molecular flexibility index (Phi) is 4.57. The SMILES string of the molecule is O=C1CCCc2cc(OCC(O)c3cccc([N+](=O)[O-])c3)ccc21. The number of carbonyl (C=O) groups excluding carboxylic acids is 1. The summed E-state index contributed by atoms with van der Waals surface area (Å²) in [4.78, 5) is 22.1. The fourth-order valence-corrected chi connectivity index (χ4v) is 2.83. The summed E-state index contributed by atoms with van der Waals surface area (Å²) >= 11 is 0. The number of hydrogen-bond acceptors (Lipinski definition) is 5. The Hall–Kier alpha value is -2.73. The Morgan fingerprint density at radius 1 is 1.21 bits per heavy atom. The third-order valence-electron chi connectivity index (χ3n) is 4.10. The molecule has 2 aromatic carbocycles. The van der Waals surface area contributed by atoms with Crippen LogP contribution in [0, 0.1) is 10.1 Å². The van der Waals surface area contributed by atoms with Crippen molar-refractivity contribution in [2.24, 2.45) is 0 Å². The van der Waals surface area contributed by atoms with E-state index in [0.717, 1.165) is 24.0 Å². The van der Waals surface area contributed by atoms with E-state index in [1.54, 1.807) is 18.2 Å². The van der Waals surface area contributed by atoms with Gasteiger partial charge in [0.25, 0.3) is 5.69 Å². The fraction of sp³-hybridized carbons (Fsp3) is 0.278. The molecule has 1 N–H and O–H groups in total. The number of non-ortho nitro benzene ring substituents is 1. The molecule has 0 heterocycles. The largest absolute Gasteiger partial charge is 0.491 e. The molecule has 6 heteroatoms. The van der Waals surface area contributed by atoms with E-state index in [1.807, 2.05) is 6.07 Å². The molecule has 0 saturated carbocycles. The Labute approximate surface area is 138 Å². The minimum atomic E-state index is -0.970. The van der Waals surface area contributed by atoms with E-state index in [-0.39, 0.29) is 18.1 Å². The van der Waals surface area contributed by atoms with Crippen molar-refractivity contribution in [3.63, 3.8) is 0 Å². The van der Waals surface area contributed by atoms with Gasteiger partial charge in [0.1, 0.15) is 18.5 Å². The summed E-state index contributed by atoms with van der Waals surface area (Å²) in [5.41, 5.74) is 2.07. The van der Waals surface area contributed by atoms with Crippen LogP contribution in [0.15, 0.2) is 42.5 Å². The minimum absolute atomic E-state index is 0.0199. The third-order valence-corrected chi connectivity index (χ3v) is 4.10. The number of hydrogen-bond donors (Lipinski definition) is 1. The number of aryl methyl sites for hydroxylation is 1. The van der Waals surface area contributed by atoms with Gasteiger partial charge in [-0.1, -0.05) is 12.1 Å². The first kappa shape index (κ1) is 16.1. The maximum Gasteiger partial charge on any atom is 0.269 e. The van der Waals surface area contributed by atoms with E-state index in [2.05, 4.69) is 0 Å². The first-order chi connectivity index (χ1) is 11.5. The molecule has 1 aliphatic rings. The van der Waals surface area contributed by atoms with Gasteiger partial charge in [-0.25, -0.2) is 0 Å². The minimum Gasteiger partial charge on any atom is -0.491 e. The van der Waals surface area contributed by atoms with Crippen molar-refractivity contribution in [2.75, 3.05) is 6.61 Å². The zero-order chi connectivity index (χ0) is 17.1. The van der Waals surface area contributed by atoms with Gasteiger partial charge < -0.3 is 9.84 Å². The first-order valence-electron chi connectivity index (χ1n) is 7.76. The average molecular weight is 327 g/mol. The second-order valence-electron chi connectivity index (χ2n) is 5.77. The molecule has 0 aliphatic heterocycles. The van der Waals surface area contributed by atoms with Crippen LogP contribution in [0.1, 0.15) is 40.4 Å². The lowest BCUT2D eigenvalue weighted by molar-refractivity contribution is -0.385. The van der Waals surface area contributed by atoms with E-state index in [1.165, 1.54) is 18.2 Å². The molecule has 0 bridgehead atoms. The van der Waals surface area contributed by atoms with Crippen LogP contribution in [0.25, 0.3) is 0 Å². The standard InChI is InChI=1S/C18H17NO5/c20-17-6-2-3-12-10-15(7-8-16(12)17)24-11-18(21)13-4-1-5-14(9-13)19(22)23/h1,4-5,7-10,18,21H,2-3,6,11H2. The van der Waals surface area contributed by atoms with E-state index < -0.39 is 11.0 Å². The Morgan fingerprint density at radius 2 is 2.04 bits per heavy atom. The van der Waals surface area contributed by atoms with Crippen molar-refractivity contribution in [1.82, 2.24) is 0 Å². The van der Waals surface area contributed by atoms with Gasteiger partial charge in [0.15, 0.2) is 5.78 Å². The molecule has 0 aromatic heterocycles. The zero-order valence-electron chi connectivity index (χ0n) is 13.0. The van der Waals surface area contributed by atoms with E-state index >= 15 is 0 Å². The van der Waals surface area contributed by atoms with Crippen molar-refractivity contribution in [3.8, 4) is 5.75 Å². The van der Waals surface area contributed by atoms with Crippen molar-refractivity contribution in [1.29, 1.82) is 0 Å². The topological polar surface area (TPSA) is 89.7 Å². The fourth-order valence-electron chi connectivity index (χ4n) is 2.83. The van der Waals surface area contributed by atoms with Crippen molar-refractivity contribution in [3.05, 3.63) is 69.3 Å². The predicted octanol–water partition coefficient (Wildman–Crippen LogP) is 3.23. The highest BCUT2D eigenvalue weighted by Crippen LogP contribution is 2.26. The van der Waals surface area contributed by atoms with Crippen LogP contribution < -0.4 is 4.74 Å². The number of carbonyl (C=O) groups is 1. The summed E-state index contributed by atoms with van der Waals surface area (Å²) < 4.78 is 5.59. The van der Waals surface area contributed by atoms with Gasteiger partial charge in [0.05, 0.1) is 4.92 Å². The molecule has 124 valence electrons. The van der Waals surface area contributed by atoms with Gasteiger partial charge in [0, 0.05) is 24.1 Å². The molecule has 6 nitrogen and oxygen atoms in total. The molecule has 2 aromatic rings. The number of ketones is 1. The van der Waals surface area contributed by atoms with Crippen LogP contribution in [0.5, 0.6) is 5.75 Å². The lowest BCUT2D eigenvalue weighted by atomic mass is 9.90. The normalized spacial score (nSPS) is 14.8.